The monoisotopic (exact) mass is 163 g/mol. The van der Waals surface area contributed by atoms with Crippen LogP contribution in [-0.2, 0) is 4.74 Å². The summed E-state index contributed by atoms with van der Waals surface area (Å²) in [6.45, 7) is 1.58. The van der Waals surface area contributed by atoms with E-state index < -0.39 is 30.6 Å². The van der Waals surface area contributed by atoms with E-state index in [2.05, 4.69) is 0 Å². The summed E-state index contributed by atoms with van der Waals surface area (Å²) in [6.07, 6.45) is -3.96. The van der Waals surface area contributed by atoms with Crippen LogP contribution in [0.5, 0.6) is 0 Å². The van der Waals surface area contributed by atoms with Crippen molar-refractivity contribution in [2.24, 2.45) is 5.73 Å². The SMILES string of the molecule is C[C@@H]1O[C@@H](O)C(O)C(N)C1O. The summed E-state index contributed by atoms with van der Waals surface area (Å²) >= 11 is 0. The maximum absolute atomic E-state index is 9.21. The quantitative estimate of drug-likeness (QED) is 0.324. The molecule has 0 spiro atoms. The van der Waals surface area contributed by atoms with Gasteiger partial charge in [-0.25, -0.2) is 0 Å². The lowest BCUT2D eigenvalue weighted by atomic mass is 9.98. The fourth-order valence-electron chi connectivity index (χ4n) is 1.09. The molecular weight excluding hydrogens is 150 g/mol. The molecule has 0 aromatic carbocycles. The van der Waals surface area contributed by atoms with Gasteiger partial charge < -0.3 is 25.8 Å². The highest BCUT2D eigenvalue weighted by Crippen LogP contribution is 2.17. The highest BCUT2D eigenvalue weighted by molar-refractivity contribution is 4.89. The minimum absolute atomic E-state index is 0.539. The number of hydrogen-bond donors (Lipinski definition) is 4. The van der Waals surface area contributed by atoms with Crippen molar-refractivity contribution in [1.29, 1.82) is 0 Å². The standard InChI is InChI=1S/C6H13NO4/c1-2-4(8)3(7)5(9)6(10)11-2/h2-6,8-10H,7H2,1H3/t2-,3?,4?,5?,6+/m0/s1. The summed E-state index contributed by atoms with van der Waals surface area (Å²) in [7, 11) is 0. The Labute approximate surface area is 64.4 Å². The number of ether oxygens (including phenoxy) is 1. The highest BCUT2D eigenvalue weighted by atomic mass is 16.6. The Morgan fingerprint density at radius 2 is 1.73 bits per heavy atom. The molecule has 1 fully saturated rings. The number of aliphatic hydroxyl groups excluding tert-OH is 3. The molecule has 5 nitrogen and oxygen atoms in total. The molecule has 1 aliphatic rings. The van der Waals surface area contributed by atoms with E-state index in [1.807, 2.05) is 0 Å². The molecule has 5 atom stereocenters. The molecule has 1 aliphatic heterocycles. The minimum Gasteiger partial charge on any atom is -0.389 e. The maximum atomic E-state index is 9.21. The van der Waals surface area contributed by atoms with Crippen LogP contribution in [0.1, 0.15) is 6.92 Å². The second-order valence-corrected chi connectivity index (χ2v) is 2.79. The van der Waals surface area contributed by atoms with Gasteiger partial charge in [0.2, 0.25) is 0 Å². The smallest absolute Gasteiger partial charge is 0.182 e. The second-order valence-electron chi connectivity index (χ2n) is 2.79. The Bertz CT molecular complexity index is 129. The Morgan fingerprint density at radius 1 is 1.18 bits per heavy atom. The van der Waals surface area contributed by atoms with Crippen LogP contribution in [0.25, 0.3) is 0 Å². The van der Waals surface area contributed by atoms with Crippen LogP contribution in [0, 0.1) is 0 Å². The summed E-state index contributed by atoms with van der Waals surface area (Å²) in [5, 5.41) is 27.3. The number of nitrogens with two attached hydrogens (primary N) is 1. The fourth-order valence-corrected chi connectivity index (χ4v) is 1.09. The molecule has 3 unspecified atom stereocenters. The van der Waals surface area contributed by atoms with Crippen molar-refractivity contribution < 1.29 is 20.1 Å². The lowest BCUT2D eigenvalue weighted by Gasteiger charge is -2.37. The zero-order valence-electron chi connectivity index (χ0n) is 6.21. The first-order valence-corrected chi connectivity index (χ1v) is 3.49. The van der Waals surface area contributed by atoms with Crippen molar-refractivity contribution >= 4 is 0 Å². The zero-order chi connectivity index (χ0) is 8.59. The Kier molecular flexibility index (Phi) is 2.46. The van der Waals surface area contributed by atoms with Gasteiger partial charge in [0.05, 0.1) is 18.2 Å². The molecule has 1 heterocycles. The van der Waals surface area contributed by atoms with Gasteiger partial charge in [-0.3, -0.25) is 0 Å². The first-order chi connectivity index (χ1) is 5.04. The van der Waals surface area contributed by atoms with Crippen LogP contribution < -0.4 is 5.73 Å². The Morgan fingerprint density at radius 3 is 2.27 bits per heavy atom. The highest BCUT2D eigenvalue weighted by Gasteiger charge is 2.39. The van der Waals surface area contributed by atoms with E-state index in [1.54, 1.807) is 6.92 Å². The van der Waals surface area contributed by atoms with Gasteiger partial charge in [0.25, 0.3) is 0 Å². The molecule has 0 aliphatic carbocycles. The van der Waals surface area contributed by atoms with E-state index in [0.717, 1.165) is 0 Å². The van der Waals surface area contributed by atoms with E-state index in [9.17, 15) is 5.11 Å². The molecule has 0 bridgehead atoms. The number of aliphatic hydroxyl groups is 3. The van der Waals surface area contributed by atoms with Crippen molar-refractivity contribution in [1.82, 2.24) is 0 Å². The molecular formula is C6H13NO4. The van der Waals surface area contributed by atoms with E-state index in [1.165, 1.54) is 0 Å². The first-order valence-electron chi connectivity index (χ1n) is 3.49. The van der Waals surface area contributed by atoms with Gasteiger partial charge in [0, 0.05) is 0 Å². The van der Waals surface area contributed by atoms with Crippen LogP contribution in [0.4, 0.5) is 0 Å². The zero-order valence-corrected chi connectivity index (χ0v) is 6.21. The maximum Gasteiger partial charge on any atom is 0.182 e. The molecule has 5 N–H and O–H groups in total. The molecule has 0 radical (unpaired) electrons. The second kappa shape index (κ2) is 3.04. The summed E-state index contributed by atoms with van der Waals surface area (Å²) < 4.78 is 4.76. The third-order valence-corrected chi connectivity index (χ3v) is 1.92. The third kappa shape index (κ3) is 1.52. The molecule has 1 saturated heterocycles. The van der Waals surface area contributed by atoms with Gasteiger partial charge in [0.15, 0.2) is 6.29 Å². The van der Waals surface area contributed by atoms with Crippen LogP contribution in [0.15, 0.2) is 0 Å². The molecule has 0 aromatic rings. The third-order valence-electron chi connectivity index (χ3n) is 1.92. The molecule has 66 valence electrons. The van der Waals surface area contributed by atoms with E-state index in [0.29, 0.717) is 0 Å². The summed E-state index contributed by atoms with van der Waals surface area (Å²) in [5.41, 5.74) is 5.36. The van der Waals surface area contributed by atoms with Gasteiger partial charge >= 0.3 is 0 Å². The average molecular weight is 163 g/mol. The molecule has 0 amide bonds. The Balaban J connectivity index is 2.63. The van der Waals surface area contributed by atoms with E-state index in [4.69, 9.17) is 20.7 Å². The summed E-state index contributed by atoms with van der Waals surface area (Å²) in [4.78, 5) is 0. The van der Waals surface area contributed by atoms with Crippen LogP contribution in [-0.4, -0.2) is 46.0 Å². The minimum atomic E-state index is -1.29. The normalized spacial score (nSPS) is 52.6. The topological polar surface area (TPSA) is 95.9 Å². The van der Waals surface area contributed by atoms with Gasteiger partial charge in [-0.2, -0.15) is 0 Å². The number of rotatable bonds is 0. The fraction of sp³-hybridized carbons (Fsp3) is 1.00. The molecule has 1 rings (SSSR count). The van der Waals surface area contributed by atoms with Crippen molar-refractivity contribution in [3.05, 3.63) is 0 Å². The summed E-state index contributed by atoms with van der Waals surface area (Å²) in [6, 6.07) is -0.839. The number of hydrogen-bond acceptors (Lipinski definition) is 5. The Hall–Kier alpha value is -0.200. The van der Waals surface area contributed by atoms with E-state index >= 15 is 0 Å². The van der Waals surface area contributed by atoms with Crippen LogP contribution in [0.2, 0.25) is 0 Å². The van der Waals surface area contributed by atoms with Gasteiger partial charge in [0.1, 0.15) is 6.10 Å². The predicted molar refractivity (Wildman–Crippen MR) is 36.5 cm³/mol. The predicted octanol–water partition coefficient (Wildman–Crippen LogP) is -2.23. The average Bonchev–Trinajstić information content (AvgIpc) is 1.97. The molecule has 11 heavy (non-hydrogen) atoms. The van der Waals surface area contributed by atoms with Gasteiger partial charge in [-0.15, -0.1) is 0 Å². The lowest BCUT2D eigenvalue weighted by molar-refractivity contribution is -0.247. The largest absolute Gasteiger partial charge is 0.389 e. The van der Waals surface area contributed by atoms with Gasteiger partial charge in [-0.05, 0) is 6.92 Å². The lowest BCUT2D eigenvalue weighted by Crippen LogP contribution is -2.60. The van der Waals surface area contributed by atoms with Crippen LogP contribution >= 0.6 is 0 Å². The van der Waals surface area contributed by atoms with E-state index in [-0.39, 0.29) is 0 Å². The molecule has 0 aromatic heterocycles. The van der Waals surface area contributed by atoms with Crippen LogP contribution in [0.3, 0.4) is 0 Å². The van der Waals surface area contributed by atoms with Crippen molar-refractivity contribution in [2.75, 3.05) is 0 Å². The van der Waals surface area contributed by atoms with Gasteiger partial charge in [-0.1, -0.05) is 0 Å². The van der Waals surface area contributed by atoms with Crippen molar-refractivity contribution in [2.45, 2.75) is 37.6 Å². The molecule has 0 saturated carbocycles. The summed E-state index contributed by atoms with van der Waals surface area (Å²) in [5.74, 6) is 0. The van der Waals surface area contributed by atoms with Crippen molar-refractivity contribution in [3.8, 4) is 0 Å². The molecule has 5 heteroatoms. The first kappa shape index (κ1) is 8.89. The van der Waals surface area contributed by atoms with Crippen molar-refractivity contribution in [3.63, 3.8) is 0 Å².